The summed E-state index contributed by atoms with van der Waals surface area (Å²) in [5, 5.41) is 2.51. The number of hydrogen-bond donors (Lipinski definition) is 0. The minimum absolute atomic E-state index is 1.03. The highest BCUT2D eigenvalue weighted by Crippen LogP contribution is 2.23. The SMILES string of the molecule is CO[Si](C)(C)c1cccc2nc(-c3cc(C)cc(C)c3)ccc12. The highest BCUT2D eigenvalue weighted by atomic mass is 28.4. The van der Waals surface area contributed by atoms with Gasteiger partial charge in [0.05, 0.1) is 11.2 Å². The van der Waals surface area contributed by atoms with Crippen LogP contribution in [-0.4, -0.2) is 20.4 Å². The van der Waals surface area contributed by atoms with Crippen molar-refractivity contribution in [2.45, 2.75) is 26.9 Å². The summed E-state index contributed by atoms with van der Waals surface area (Å²) in [5.74, 6) is 0. The topological polar surface area (TPSA) is 22.1 Å². The molecule has 0 fully saturated rings. The summed E-state index contributed by atoms with van der Waals surface area (Å²) in [6.45, 7) is 8.70. The number of aromatic nitrogens is 1. The van der Waals surface area contributed by atoms with Gasteiger partial charge in [-0.25, -0.2) is 4.98 Å². The molecule has 1 heterocycles. The molecule has 0 amide bonds. The van der Waals surface area contributed by atoms with Crippen molar-refractivity contribution in [1.82, 2.24) is 4.98 Å². The van der Waals surface area contributed by atoms with Gasteiger partial charge in [-0.2, -0.15) is 0 Å². The van der Waals surface area contributed by atoms with Crippen molar-refractivity contribution in [3.63, 3.8) is 0 Å². The molecule has 0 N–H and O–H groups in total. The van der Waals surface area contributed by atoms with Gasteiger partial charge in [0.1, 0.15) is 0 Å². The highest BCUT2D eigenvalue weighted by molar-refractivity contribution is 6.86. The predicted octanol–water partition coefficient (Wildman–Crippen LogP) is 4.58. The van der Waals surface area contributed by atoms with E-state index in [1.165, 1.54) is 27.3 Å². The van der Waals surface area contributed by atoms with E-state index in [9.17, 15) is 0 Å². The number of pyridine rings is 1. The Balaban J connectivity index is 2.17. The van der Waals surface area contributed by atoms with Crippen molar-refractivity contribution in [1.29, 1.82) is 0 Å². The Morgan fingerprint density at radius 1 is 0.913 bits per heavy atom. The molecule has 3 heteroatoms. The van der Waals surface area contributed by atoms with Crippen LogP contribution in [0, 0.1) is 13.8 Å². The predicted molar refractivity (Wildman–Crippen MR) is 101 cm³/mol. The first-order chi connectivity index (χ1) is 10.9. The van der Waals surface area contributed by atoms with Crippen LogP contribution in [0.15, 0.2) is 48.5 Å². The third-order valence-corrected chi connectivity index (χ3v) is 7.16. The second-order valence-corrected chi connectivity index (χ2v) is 10.6. The maximum Gasteiger partial charge on any atom is 0.218 e. The van der Waals surface area contributed by atoms with Crippen LogP contribution in [-0.2, 0) is 4.43 Å². The summed E-state index contributed by atoms with van der Waals surface area (Å²) in [7, 11) is -0.0645. The lowest BCUT2D eigenvalue weighted by atomic mass is 10.0. The number of aryl methyl sites for hydroxylation is 2. The minimum atomic E-state index is -1.87. The fraction of sp³-hybridized carbons (Fsp3) is 0.250. The van der Waals surface area contributed by atoms with E-state index in [1.807, 2.05) is 7.11 Å². The Bertz CT molecular complexity index is 850. The molecular formula is C20H23NOSi. The van der Waals surface area contributed by atoms with Crippen molar-refractivity contribution in [3.8, 4) is 11.3 Å². The van der Waals surface area contributed by atoms with Gasteiger partial charge in [0.2, 0.25) is 8.32 Å². The van der Waals surface area contributed by atoms with Gasteiger partial charge in [-0.1, -0.05) is 35.4 Å². The molecule has 0 aliphatic heterocycles. The molecule has 2 nitrogen and oxygen atoms in total. The van der Waals surface area contributed by atoms with Crippen molar-refractivity contribution in [2.75, 3.05) is 7.11 Å². The fourth-order valence-corrected chi connectivity index (χ4v) is 4.65. The van der Waals surface area contributed by atoms with Crippen molar-refractivity contribution < 1.29 is 4.43 Å². The molecule has 0 aliphatic rings. The van der Waals surface area contributed by atoms with Gasteiger partial charge in [0.25, 0.3) is 0 Å². The zero-order chi connectivity index (χ0) is 16.6. The van der Waals surface area contributed by atoms with E-state index in [0.717, 1.165) is 11.2 Å². The van der Waals surface area contributed by atoms with Gasteiger partial charge >= 0.3 is 0 Å². The van der Waals surface area contributed by atoms with Gasteiger partial charge in [-0.15, -0.1) is 0 Å². The van der Waals surface area contributed by atoms with Gasteiger partial charge in [0.15, 0.2) is 0 Å². The zero-order valence-corrected chi connectivity index (χ0v) is 15.5. The van der Waals surface area contributed by atoms with E-state index < -0.39 is 8.32 Å². The molecule has 118 valence electrons. The Kier molecular flexibility index (Phi) is 4.09. The zero-order valence-electron chi connectivity index (χ0n) is 14.5. The normalized spacial score (nSPS) is 11.9. The largest absolute Gasteiger partial charge is 0.416 e. The standard InChI is InChI=1S/C20H23NOSi/c1-14-11-15(2)13-16(12-14)18-10-9-17-19(21-18)7-6-8-20(17)23(4,5)22-3/h6-13H,1-5H3. The first-order valence-corrected chi connectivity index (χ1v) is 10.9. The summed E-state index contributed by atoms with van der Waals surface area (Å²) in [6, 6.07) is 17.2. The Hall–Kier alpha value is -1.97. The van der Waals surface area contributed by atoms with Gasteiger partial charge < -0.3 is 4.43 Å². The van der Waals surface area contributed by atoms with Crippen molar-refractivity contribution >= 4 is 24.4 Å². The number of fused-ring (bicyclic) bond motifs is 1. The van der Waals surface area contributed by atoms with Crippen LogP contribution in [0.2, 0.25) is 13.1 Å². The van der Waals surface area contributed by atoms with Crippen LogP contribution in [0.5, 0.6) is 0 Å². The summed E-state index contributed by atoms with van der Waals surface area (Å²) in [4.78, 5) is 4.90. The Morgan fingerprint density at radius 2 is 1.61 bits per heavy atom. The lowest BCUT2D eigenvalue weighted by Gasteiger charge is -2.22. The molecular weight excluding hydrogens is 298 g/mol. The van der Waals surface area contributed by atoms with Crippen LogP contribution >= 0.6 is 0 Å². The Morgan fingerprint density at radius 3 is 2.26 bits per heavy atom. The van der Waals surface area contributed by atoms with Crippen molar-refractivity contribution in [2.24, 2.45) is 0 Å². The van der Waals surface area contributed by atoms with E-state index in [4.69, 9.17) is 9.41 Å². The second-order valence-electron chi connectivity index (χ2n) is 6.66. The third kappa shape index (κ3) is 3.07. The maximum absolute atomic E-state index is 5.79. The summed E-state index contributed by atoms with van der Waals surface area (Å²) in [5.41, 5.74) is 5.78. The average molecular weight is 321 g/mol. The summed E-state index contributed by atoms with van der Waals surface area (Å²) in [6.07, 6.45) is 0. The van der Waals surface area contributed by atoms with Crippen LogP contribution in [0.4, 0.5) is 0 Å². The van der Waals surface area contributed by atoms with Crippen LogP contribution in [0.3, 0.4) is 0 Å². The monoisotopic (exact) mass is 321 g/mol. The van der Waals surface area contributed by atoms with Gasteiger partial charge in [0, 0.05) is 18.1 Å². The molecule has 0 bridgehead atoms. The fourth-order valence-electron chi connectivity index (χ4n) is 3.07. The second kappa shape index (κ2) is 5.91. The van der Waals surface area contributed by atoms with Gasteiger partial charge in [-0.05, 0) is 56.4 Å². The molecule has 0 radical (unpaired) electrons. The minimum Gasteiger partial charge on any atom is -0.416 e. The summed E-state index contributed by atoms with van der Waals surface area (Å²) < 4.78 is 5.79. The van der Waals surface area contributed by atoms with Crippen molar-refractivity contribution in [3.05, 3.63) is 59.7 Å². The van der Waals surface area contributed by atoms with Crippen LogP contribution in [0.1, 0.15) is 11.1 Å². The number of nitrogens with zero attached hydrogens (tertiary/aromatic N) is 1. The molecule has 2 aromatic carbocycles. The van der Waals surface area contributed by atoms with E-state index in [-0.39, 0.29) is 0 Å². The summed E-state index contributed by atoms with van der Waals surface area (Å²) >= 11 is 0. The quantitative estimate of drug-likeness (QED) is 0.659. The van der Waals surface area contributed by atoms with E-state index in [1.54, 1.807) is 0 Å². The molecule has 3 rings (SSSR count). The average Bonchev–Trinajstić information content (AvgIpc) is 2.52. The molecule has 1 aromatic heterocycles. The molecule has 0 atom stereocenters. The Labute approximate surface area is 139 Å². The molecule has 0 aliphatic carbocycles. The maximum atomic E-state index is 5.79. The highest BCUT2D eigenvalue weighted by Gasteiger charge is 2.25. The number of benzene rings is 2. The lowest BCUT2D eigenvalue weighted by Crippen LogP contribution is -2.44. The van der Waals surface area contributed by atoms with E-state index in [0.29, 0.717) is 0 Å². The molecule has 0 saturated carbocycles. The third-order valence-electron chi connectivity index (χ3n) is 4.41. The number of hydrogen-bond acceptors (Lipinski definition) is 2. The van der Waals surface area contributed by atoms with Crippen LogP contribution < -0.4 is 5.19 Å². The van der Waals surface area contributed by atoms with E-state index >= 15 is 0 Å². The molecule has 0 spiro atoms. The molecule has 0 saturated heterocycles. The first-order valence-electron chi connectivity index (χ1n) is 7.95. The van der Waals surface area contributed by atoms with Gasteiger partial charge in [-0.3, -0.25) is 0 Å². The molecule has 23 heavy (non-hydrogen) atoms. The number of rotatable bonds is 3. The first kappa shape index (κ1) is 15.9. The van der Waals surface area contributed by atoms with Crippen LogP contribution in [0.25, 0.3) is 22.2 Å². The molecule has 3 aromatic rings. The molecule has 0 unspecified atom stereocenters. The lowest BCUT2D eigenvalue weighted by molar-refractivity contribution is 0.416. The van der Waals surface area contributed by atoms with E-state index in [2.05, 4.69) is 75.5 Å². The smallest absolute Gasteiger partial charge is 0.218 e.